The molecule has 0 saturated carbocycles. The summed E-state index contributed by atoms with van der Waals surface area (Å²) in [6, 6.07) is 27.8. The Morgan fingerprint density at radius 2 is 1.45 bits per heavy atom. The summed E-state index contributed by atoms with van der Waals surface area (Å²) in [5.74, 6) is 0.389. The molecule has 1 atom stereocenters. The molecule has 0 aliphatic carbocycles. The number of rotatable bonds is 15. The van der Waals surface area contributed by atoms with E-state index in [1.807, 2.05) is 45.0 Å². The van der Waals surface area contributed by atoms with Gasteiger partial charge in [-0.3, -0.25) is 14.3 Å². The first-order chi connectivity index (χ1) is 29.4. The normalized spacial score (nSPS) is 11.9. The number of carboxylic acid groups (broad SMARTS) is 1. The molecule has 322 valence electrons. The van der Waals surface area contributed by atoms with Crippen molar-refractivity contribution in [3.05, 3.63) is 126 Å². The van der Waals surface area contributed by atoms with Crippen molar-refractivity contribution in [2.24, 2.45) is 5.73 Å². The van der Waals surface area contributed by atoms with Gasteiger partial charge in [-0.05, 0) is 77.6 Å². The van der Waals surface area contributed by atoms with Crippen LogP contribution < -0.4 is 45.9 Å². The van der Waals surface area contributed by atoms with Crippen LogP contribution in [0.15, 0.2) is 109 Å². The second kappa shape index (κ2) is 18.5. The highest BCUT2D eigenvalue weighted by Crippen LogP contribution is 2.40. The predicted molar refractivity (Wildman–Crippen MR) is 241 cm³/mol. The number of ether oxygens (including phenoxy) is 3. The zero-order chi connectivity index (χ0) is 44.8. The molecule has 6 aromatic rings. The van der Waals surface area contributed by atoms with Crippen LogP contribution in [0.3, 0.4) is 0 Å². The summed E-state index contributed by atoms with van der Waals surface area (Å²) in [6.45, 7) is 5.91. The molecule has 8 N–H and O–H groups in total. The average molecular weight is 862 g/mol. The van der Waals surface area contributed by atoms with Crippen molar-refractivity contribution in [2.75, 3.05) is 46.5 Å². The number of fused-ring (bicyclic) bond motifs is 1. The Bertz CT molecular complexity index is 2760. The minimum absolute atomic E-state index is 0.153. The number of carboxylic acids is 1. The zero-order valence-corrected chi connectivity index (χ0v) is 35.6. The molecule has 3 amide bonds. The van der Waals surface area contributed by atoms with Crippen molar-refractivity contribution in [3.63, 3.8) is 0 Å². The quantitative estimate of drug-likeness (QED) is 0.0517. The summed E-state index contributed by atoms with van der Waals surface area (Å²) in [5.41, 5.74) is 9.08. The second-order valence-electron chi connectivity index (χ2n) is 15.3. The number of carbonyl (C=O) groups is 3. The monoisotopic (exact) mass is 861 g/mol. The van der Waals surface area contributed by atoms with Crippen LogP contribution in [0.4, 0.5) is 39.0 Å². The Labute approximate surface area is 358 Å². The zero-order valence-electron chi connectivity index (χ0n) is 34.8. The number of amides is 3. The number of aromatic nitrogens is 1. The minimum Gasteiger partial charge on any atom is -0.496 e. The summed E-state index contributed by atoms with van der Waals surface area (Å²) in [5, 5.41) is 22.3. The van der Waals surface area contributed by atoms with Gasteiger partial charge in [0.25, 0.3) is 5.91 Å². The van der Waals surface area contributed by atoms with E-state index >= 15 is 0 Å². The number of carbonyl (C=O) groups excluding carboxylic acids is 2. The largest absolute Gasteiger partial charge is 0.496 e. The van der Waals surface area contributed by atoms with Crippen molar-refractivity contribution in [1.82, 2.24) is 4.98 Å². The fourth-order valence-corrected chi connectivity index (χ4v) is 6.98. The smallest absolute Gasteiger partial charge is 0.323 e. The molecule has 17 heteroatoms. The molecular formula is C45H47N7O9S. The van der Waals surface area contributed by atoms with Gasteiger partial charge in [0.15, 0.2) is 5.75 Å². The number of nitrogens with two attached hydrogens (primary N) is 1. The highest BCUT2D eigenvalue weighted by molar-refractivity contribution is 7.92. The lowest BCUT2D eigenvalue weighted by Gasteiger charge is -2.24. The lowest BCUT2D eigenvalue weighted by atomic mass is 9.86. The van der Waals surface area contributed by atoms with Crippen LogP contribution in [-0.4, -0.2) is 62.9 Å². The van der Waals surface area contributed by atoms with Gasteiger partial charge >= 0.3 is 12.0 Å². The van der Waals surface area contributed by atoms with Gasteiger partial charge < -0.3 is 46.3 Å². The lowest BCUT2D eigenvalue weighted by molar-refractivity contribution is -0.138. The van der Waals surface area contributed by atoms with Crippen molar-refractivity contribution in [2.45, 2.75) is 38.6 Å². The van der Waals surface area contributed by atoms with Crippen LogP contribution in [0.2, 0.25) is 0 Å². The predicted octanol–water partition coefficient (Wildman–Crippen LogP) is 8.31. The van der Waals surface area contributed by atoms with Crippen molar-refractivity contribution in [3.8, 4) is 23.0 Å². The standard InChI is InChI=1S/C45H47N7O9S/c1-45(2,3)27-22-36(41(60-5)37(23-27)52-62(6,57)58)51-44(56)50-35-17-18-38(32-10-8-7-9-31(32)35)61-30-19-20-47-40(25-30)48-29-15-16-33(39(24-29)59-4)42(53)49-28-13-11-26(12-14-28)21-34(46)43(54)55/h7-20,22-25,34,52H,21,46H2,1-6H3,(H,47,48)(H,49,53)(H,54,55)(H2,50,51,56)/t34-/m0/s1. The number of methoxy groups -OCH3 is 2. The number of nitrogens with one attached hydrogen (secondary N) is 5. The van der Waals surface area contributed by atoms with Crippen LogP contribution in [0.25, 0.3) is 10.8 Å². The number of anilines is 6. The molecule has 0 unspecified atom stereocenters. The molecule has 0 bridgehead atoms. The summed E-state index contributed by atoms with van der Waals surface area (Å²) >= 11 is 0. The SMILES string of the molecule is COc1cc(Nc2cc(Oc3ccc(NC(=O)Nc4cc(C(C)(C)C)cc(NS(C)(=O)=O)c4OC)c4ccccc34)ccn2)ccc1C(=O)Nc1ccc(C[C@H](N)C(=O)O)cc1. The molecule has 16 nitrogen and oxygen atoms in total. The van der Waals surface area contributed by atoms with E-state index in [9.17, 15) is 22.8 Å². The van der Waals surface area contributed by atoms with Crippen molar-refractivity contribution >= 4 is 73.0 Å². The van der Waals surface area contributed by atoms with Gasteiger partial charge in [-0.25, -0.2) is 18.2 Å². The number of hydrogen-bond acceptors (Lipinski definition) is 11. The van der Waals surface area contributed by atoms with Crippen LogP contribution in [0.5, 0.6) is 23.0 Å². The number of aliphatic carboxylic acids is 1. The van der Waals surface area contributed by atoms with E-state index in [-0.39, 0.29) is 34.5 Å². The fourth-order valence-electron chi connectivity index (χ4n) is 6.43. The van der Waals surface area contributed by atoms with Crippen LogP contribution >= 0.6 is 0 Å². The Kier molecular flexibility index (Phi) is 13.2. The first-order valence-electron chi connectivity index (χ1n) is 19.2. The summed E-state index contributed by atoms with van der Waals surface area (Å²) in [7, 11) is -0.808. The Hall–Kier alpha value is -7.37. The molecule has 0 radical (unpaired) electrons. The maximum atomic E-state index is 13.5. The number of hydrogen-bond donors (Lipinski definition) is 7. The lowest BCUT2D eigenvalue weighted by Crippen LogP contribution is -2.32. The van der Waals surface area contributed by atoms with Gasteiger partial charge in [0.2, 0.25) is 10.0 Å². The van der Waals surface area contributed by atoms with Gasteiger partial charge in [0, 0.05) is 40.5 Å². The third kappa shape index (κ3) is 11.1. The highest BCUT2D eigenvalue weighted by Gasteiger charge is 2.23. The number of urea groups is 1. The molecular weight excluding hydrogens is 815 g/mol. The number of nitrogens with zero attached hydrogens (tertiary/aromatic N) is 1. The molecule has 1 aromatic heterocycles. The van der Waals surface area contributed by atoms with E-state index < -0.39 is 34.0 Å². The third-order valence-electron chi connectivity index (χ3n) is 9.50. The molecule has 0 aliphatic rings. The van der Waals surface area contributed by atoms with Gasteiger partial charge in [0.1, 0.15) is 29.1 Å². The summed E-state index contributed by atoms with van der Waals surface area (Å²) in [6.07, 6.45) is 2.78. The number of benzene rings is 5. The molecule has 0 fully saturated rings. The van der Waals surface area contributed by atoms with Crippen LogP contribution in [0, 0.1) is 0 Å². The van der Waals surface area contributed by atoms with E-state index in [0.717, 1.165) is 17.4 Å². The Morgan fingerprint density at radius 3 is 2.11 bits per heavy atom. The first kappa shape index (κ1) is 44.2. The molecule has 5 aromatic carbocycles. The maximum Gasteiger partial charge on any atom is 0.323 e. The fraction of sp³-hybridized carbons (Fsp3) is 0.200. The topological polar surface area (TPSA) is 232 Å². The van der Waals surface area contributed by atoms with Gasteiger partial charge in [0.05, 0.1) is 43.1 Å². The van der Waals surface area contributed by atoms with E-state index in [2.05, 4.69) is 31.0 Å². The Morgan fingerprint density at radius 1 is 0.774 bits per heavy atom. The van der Waals surface area contributed by atoms with Gasteiger partial charge in [-0.1, -0.05) is 57.2 Å². The van der Waals surface area contributed by atoms with E-state index in [4.69, 9.17) is 25.1 Å². The molecule has 6 rings (SSSR count). The van der Waals surface area contributed by atoms with Gasteiger partial charge in [-0.15, -0.1) is 0 Å². The highest BCUT2D eigenvalue weighted by atomic mass is 32.2. The minimum atomic E-state index is -3.66. The third-order valence-corrected chi connectivity index (χ3v) is 10.1. The van der Waals surface area contributed by atoms with Crippen LogP contribution in [0.1, 0.15) is 42.3 Å². The van der Waals surface area contributed by atoms with Crippen molar-refractivity contribution in [1.29, 1.82) is 0 Å². The van der Waals surface area contributed by atoms with E-state index in [1.165, 1.54) is 14.2 Å². The van der Waals surface area contributed by atoms with Crippen molar-refractivity contribution < 1.29 is 42.1 Å². The molecule has 0 aliphatic heterocycles. The molecule has 0 saturated heterocycles. The Balaban J connectivity index is 1.15. The molecule has 1 heterocycles. The number of pyridine rings is 1. The van der Waals surface area contributed by atoms with Crippen LogP contribution in [-0.2, 0) is 26.7 Å². The molecule has 0 spiro atoms. The second-order valence-corrected chi connectivity index (χ2v) is 17.0. The van der Waals surface area contributed by atoms with E-state index in [0.29, 0.717) is 50.9 Å². The van der Waals surface area contributed by atoms with E-state index in [1.54, 1.807) is 85.1 Å². The maximum absolute atomic E-state index is 13.5. The first-order valence-corrected chi connectivity index (χ1v) is 21.1. The number of sulfonamides is 1. The molecule has 62 heavy (non-hydrogen) atoms. The van der Waals surface area contributed by atoms with Gasteiger partial charge in [-0.2, -0.15) is 0 Å². The summed E-state index contributed by atoms with van der Waals surface area (Å²) < 4.78 is 44.3. The summed E-state index contributed by atoms with van der Waals surface area (Å²) in [4.78, 5) is 42.2. The average Bonchev–Trinajstić information content (AvgIpc) is 3.21.